The molecule has 0 aliphatic heterocycles. The molecule has 2 rings (SSSR count). The van der Waals surface area contributed by atoms with Crippen molar-refractivity contribution in [2.24, 2.45) is 0 Å². The molecular formula is C11H14N2S3. The Balaban J connectivity index is 2.24. The summed E-state index contributed by atoms with van der Waals surface area (Å²) >= 11 is 7.68. The van der Waals surface area contributed by atoms with E-state index >= 15 is 0 Å². The second kappa shape index (κ2) is 4.56. The lowest BCUT2D eigenvalue weighted by Gasteiger charge is -2.17. The smallest absolute Gasteiger partial charge is 0.166 e. The van der Waals surface area contributed by atoms with Crippen LogP contribution in [0.25, 0.3) is 10.2 Å². The molecular weight excluding hydrogens is 256 g/mol. The van der Waals surface area contributed by atoms with E-state index in [4.69, 9.17) is 0 Å². The molecule has 0 saturated carbocycles. The molecule has 2 aromatic rings. The average molecular weight is 270 g/mol. The maximum absolute atomic E-state index is 4.56. The van der Waals surface area contributed by atoms with Gasteiger partial charge >= 0.3 is 0 Å². The van der Waals surface area contributed by atoms with Crippen molar-refractivity contribution in [2.45, 2.75) is 35.5 Å². The lowest BCUT2D eigenvalue weighted by atomic mass is 10.1. The molecule has 0 aliphatic carbocycles. The summed E-state index contributed by atoms with van der Waals surface area (Å²) in [5.41, 5.74) is 1.08. The molecule has 16 heavy (non-hydrogen) atoms. The van der Waals surface area contributed by atoms with Gasteiger partial charge in [-0.2, -0.15) is 0 Å². The number of benzene rings is 1. The fraction of sp³-hybridized carbons (Fsp3) is 0.364. The lowest BCUT2D eigenvalue weighted by Crippen LogP contribution is -2.29. The van der Waals surface area contributed by atoms with Crippen LogP contribution in [0.15, 0.2) is 27.4 Å². The summed E-state index contributed by atoms with van der Waals surface area (Å²) in [6, 6.07) is 6.05. The Bertz CT molecular complexity index is 499. The standard InChI is InChI=1S/C11H14N2S3/c1-11(2,3)13-16-10-12-9-7(14)5-4-6-8(9)15-10/h4-6,13-14H,1-3H3. The topological polar surface area (TPSA) is 24.9 Å². The van der Waals surface area contributed by atoms with E-state index in [0.717, 1.165) is 14.8 Å². The lowest BCUT2D eigenvalue weighted by molar-refractivity contribution is 0.535. The van der Waals surface area contributed by atoms with Gasteiger partial charge in [-0.25, -0.2) is 4.98 Å². The Kier molecular flexibility index (Phi) is 3.49. The number of thiazole rings is 1. The zero-order chi connectivity index (χ0) is 11.8. The van der Waals surface area contributed by atoms with E-state index in [9.17, 15) is 0 Å². The number of rotatable bonds is 2. The van der Waals surface area contributed by atoms with Crippen molar-refractivity contribution in [1.82, 2.24) is 9.71 Å². The summed E-state index contributed by atoms with van der Waals surface area (Å²) < 4.78 is 5.58. The van der Waals surface area contributed by atoms with Gasteiger partial charge in [0.05, 0.1) is 10.2 Å². The number of para-hydroxylation sites is 1. The summed E-state index contributed by atoms with van der Waals surface area (Å²) in [4.78, 5) is 5.50. The number of hydrogen-bond acceptors (Lipinski definition) is 5. The largest absolute Gasteiger partial charge is 0.253 e. The highest BCUT2D eigenvalue weighted by Crippen LogP contribution is 2.31. The van der Waals surface area contributed by atoms with E-state index in [1.807, 2.05) is 12.1 Å². The van der Waals surface area contributed by atoms with E-state index in [1.165, 1.54) is 4.70 Å². The van der Waals surface area contributed by atoms with Crippen LogP contribution in [0.5, 0.6) is 0 Å². The first-order valence-corrected chi connectivity index (χ1v) is 7.06. The number of fused-ring (bicyclic) bond motifs is 1. The quantitative estimate of drug-likeness (QED) is 0.638. The van der Waals surface area contributed by atoms with Crippen LogP contribution in [0.1, 0.15) is 20.8 Å². The van der Waals surface area contributed by atoms with Gasteiger partial charge in [-0.15, -0.1) is 24.0 Å². The molecule has 0 unspecified atom stereocenters. The van der Waals surface area contributed by atoms with Crippen LogP contribution in [0.4, 0.5) is 0 Å². The van der Waals surface area contributed by atoms with Gasteiger partial charge in [0.25, 0.3) is 0 Å². The fourth-order valence-electron chi connectivity index (χ4n) is 1.15. The molecule has 0 aliphatic rings. The molecule has 0 atom stereocenters. The third-order valence-electron chi connectivity index (χ3n) is 1.82. The third-order valence-corrected chi connectivity index (χ3v) is 4.48. The van der Waals surface area contributed by atoms with Crippen LogP contribution in [0, 0.1) is 0 Å². The summed E-state index contributed by atoms with van der Waals surface area (Å²) in [5.74, 6) is 0. The summed E-state index contributed by atoms with van der Waals surface area (Å²) in [7, 11) is 0. The minimum Gasteiger partial charge on any atom is -0.253 e. The first-order chi connectivity index (χ1) is 7.46. The highest BCUT2D eigenvalue weighted by molar-refractivity contribution is 7.99. The molecule has 0 radical (unpaired) electrons. The molecule has 1 aromatic heterocycles. The van der Waals surface area contributed by atoms with Crippen LogP contribution in [-0.4, -0.2) is 10.5 Å². The van der Waals surface area contributed by atoms with Crippen LogP contribution in [-0.2, 0) is 0 Å². The maximum atomic E-state index is 4.56. The minimum atomic E-state index is 0.0896. The van der Waals surface area contributed by atoms with E-state index in [0.29, 0.717) is 0 Å². The summed E-state index contributed by atoms with van der Waals surface area (Å²) in [5, 5.41) is 0. The van der Waals surface area contributed by atoms with Gasteiger partial charge in [0.1, 0.15) is 0 Å². The van der Waals surface area contributed by atoms with Crippen LogP contribution < -0.4 is 4.72 Å². The second-order valence-electron chi connectivity index (χ2n) is 4.56. The van der Waals surface area contributed by atoms with E-state index in [-0.39, 0.29) is 5.54 Å². The van der Waals surface area contributed by atoms with Crippen LogP contribution in [0.3, 0.4) is 0 Å². The van der Waals surface area contributed by atoms with Gasteiger partial charge in [-0.05, 0) is 44.9 Å². The number of nitrogens with one attached hydrogen (secondary N) is 1. The third kappa shape index (κ3) is 2.91. The minimum absolute atomic E-state index is 0.0896. The van der Waals surface area contributed by atoms with Crippen molar-refractivity contribution in [1.29, 1.82) is 0 Å². The molecule has 0 fully saturated rings. The van der Waals surface area contributed by atoms with Crippen molar-refractivity contribution >= 4 is 46.1 Å². The van der Waals surface area contributed by atoms with Crippen molar-refractivity contribution in [3.63, 3.8) is 0 Å². The number of hydrogen-bond donors (Lipinski definition) is 2. The number of nitrogens with zero attached hydrogens (tertiary/aromatic N) is 1. The molecule has 5 heteroatoms. The van der Waals surface area contributed by atoms with Gasteiger partial charge in [0.15, 0.2) is 4.34 Å². The van der Waals surface area contributed by atoms with Gasteiger partial charge in [-0.3, -0.25) is 4.72 Å². The Morgan fingerprint density at radius 1 is 1.38 bits per heavy atom. The SMILES string of the molecule is CC(C)(C)NSc1nc2c(S)cccc2s1. The predicted molar refractivity (Wildman–Crippen MR) is 75.6 cm³/mol. The monoisotopic (exact) mass is 270 g/mol. The highest BCUT2D eigenvalue weighted by Gasteiger charge is 2.12. The molecule has 1 N–H and O–H groups in total. The number of thiol groups is 1. The van der Waals surface area contributed by atoms with Gasteiger partial charge in [-0.1, -0.05) is 6.07 Å². The first-order valence-electron chi connectivity index (χ1n) is 4.98. The van der Waals surface area contributed by atoms with Crippen molar-refractivity contribution in [3.05, 3.63) is 18.2 Å². The molecule has 0 amide bonds. The Morgan fingerprint density at radius 2 is 2.12 bits per heavy atom. The van der Waals surface area contributed by atoms with Crippen LogP contribution >= 0.6 is 35.9 Å². The fourth-order valence-corrected chi connectivity index (χ4v) is 3.30. The van der Waals surface area contributed by atoms with E-state index in [2.05, 4.69) is 49.2 Å². The average Bonchev–Trinajstić information content (AvgIpc) is 2.58. The molecule has 2 nitrogen and oxygen atoms in total. The van der Waals surface area contributed by atoms with Gasteiger partial charge in [0, 0.05) is 10.4 Å². The molecule has 86 valence electrons. The van der Waals surface area contributed by atoms with Gasteiger partial charge in [0.2, 0.25) is 0 Å². The number of aromatic nitrogens is 1. The Morgan fingerprint density at radius 3 is 2.75 bits per heavy atom. The van der Waals surface area contributed by atoms with Crippen molar-refractivity contribution in [3.8, 4) is 0 Å². The van der Waals surface area contributed by atoms with E-state index in [1.54, 1.807) is 23.3 Å². The molecule has 1 aromatic carbocycles. The Labute approximate surface area is 109 Å². The van der Waals surface area contributed by atoms with Crippen LogP contribution in [0.2, 0.25) is 0 Å². The molecule has 0 saturated heterocycles. The summed E-state index contributed by atoms with van der Waals surface area (Å²) in [6.07, 6.45) is 0. The molecule has 1 heterocycles. The first kappa shape index (κ1) is 12.2. The van der Waals surface area contributed by atoms with Crippen molar-refractivity contribution in [2.75, 3.05) is 0 Å². The molecule has 0 bridgehead atoms. The molecule has 0 spiro atoms. The van der Waals surface area contributed by atoms with E-state index < -0.39 is 0 Å². The predicted octanol–water partition coefficient (Wildman–Crippen LogP) is 3.98. The zero-order valence-corrected chi connectivity index (χ0v) is 12.0. The second-order valence-corrected chi connectivity index (χ2v) is 7.12. The Hall–Kier alpha value is -0.230. The zero-order valence-electron chi connectivity index (χ0n) is 9.44. The maximum Gasteiger partial charge on any atom is 0.166 e. The highest BCUT2D eigenvalue weighted by atomic mass is 32.2. The summed E-state index contributed by atoms with van der Waals surface area (Å²) in [6.45, 7) is 6.41. The van der Waals surface area contributed by atoms with Crippen molar-refractivity contribution < 1.29 is 0 Å². The van der Waals surface area contributed by atoms with Gasteiger partial charge < -0.3 is 0 Å². The normalized spacial score (nSPS) is 12.2.